The number of rotatable bonds is 4. The molecular formula is C17H25NO3. The number of aliphatic hydroxyl groups excluding tert-OH is 1. The highest BCUT2D eigenvalue weighted by molar-refractivity contribution is 5.19. The number of hydrogen-bond donors (Lipinski definition) is 2. The Hall–Kier alpha value is -0.940. The Balaban J connectivity index is 1.63. The van der Waals surface area contributed by atoms with Gasteiger partial charge in [0.2, 0.25) is 0 Å². The molecule has 4 heteroatoms. The van der Waals surface area contributed by atoms with Crippen LogP contribution in [0.5, 0.6) is 0 Å². The third-order valence-electron chi connectivity index (χ3n) is 4.72. The van der Waals surface area contributed by atoms with E-state index in [-0.39, 0.29) is 18.2 Å². The number of ether oxygens (including phenoxy) is 2. The maximum absolute atomic E-state index is 9.70. The lowest BCUT2D eigenvalue weighted by atomic mass is 9.83. The van der Waals surface area contributed by atoms with E-state index in [1.54, 1.807) is 0 Å². The molecule has 2 aliphatic heterocycles. The monoisotopic (exact) mass is 291 g/mol. The van der Waals surface area contributed by atoms with Gasteiger partial charge in [0.05, 0.1) is 18.2 Å². The SMILES string of the molecule is OCC(NC1CCOC2(CCOCC2)C1)c1ccccc1. The Kier molecular flexibility index (Phi) is 4.91. The fourth-order valence-corrected chi connectivity index (χ4v) is 3.49. The molecule has 21 heavy (non-hydrogen) atoms. The first-order valence-electron chi connectivity index (χ1n) is 7.95. The van der Waals surface area contributed by atoms with Crippen LogP contribution in [0.1, 0.15) is 37.3 Å². The van der Waals surface area contributed by atoms with Crippen LogP contribution in [0.25, 0.3) is 0 Å². The molecule has 2 saturated heterocycles. The number of nitrogens with one attached hydrogen (secondary N) is 1. The predicted molar refractivity (Wildman–Crippen MR) is 81.2 cm³/mol. The highest BCUT2D eigenvalue weighted by Crippen LogP contribution is 2.34. The normalized spacial score (nSPS) is 26.6. The largest absolute Gasteiger partial charge is 0.394 e. The van der Waals surface area contributed by atoms with Crippen molar-refractivity contribution in [1.82, 2.24) is 5.32 Å². The summed E-state index contributed by atoms with van der Waals surface area (Å²) in [6, 6.07) is 10.6. The van der Waals surface area contributed by atoms with Gasteiger partial charge < -0.3 is 19.9 Å². The summed E-state index contributed by atoms with van der Waals surface area (Å²) in [5.41, 5.74) is 1.14. The van der Waals surface area contributed by atoms with Gasteiger partial charge in [0.1, 0.15) is 0 Å². The molecule has 0 saturated carbocycles. The van der Waals surface area contributed by atoms with Crippen LogP contribution in [0.2, 0.25) is 0 Å². The third-order valence-corrected chi connectivity index (χ3v) is 4.72. The smallest absolute Gasteiger partial charge is 0.0741 e. The minimum atomic E-state index is -0.00907. The standard InChI is InChI=1S/C17H25NO3/c19-13-16(14-4-2-1-3-5-14)18-15-6-9-21-17(12-15)7-10-20-11-8-17/h1-5,15-16,18-19H,6-13H2. The predicted octanol–water partition coefficient (Wildman–Crippen LogP) is 2.04. The molecular weight excluding hydrogens is 266 g/mol. The van der Waals surface area contributed by atoms with Gasteiger partial charge in [0.15, 0.2) is 0 Å². The zero-order valence-corrected chi connectivity index (χ0v) is 12.5. The third kappa shape index (κ3) is 3.64. The minimum absolute atomic E-state index is 0.00573. The molecule has 0 aliphatic carbocycles. The number of hydrogen-bond acceptors (Lipinski definition) is 4. The summed E-state index contributed by atoms with van der Waals surface area (Å²) < 4.78 is 11.5. The highest BCUT2D eigenvalue weighted by Gasteiger charge is 2.39. The van der Waals surface area contributed by atoms with E-state index in [0.29, 0.717) is 6.04 Å². The number of benzene rings is 1. The van der Waals surface area contributed by atoms with Crippen LogP contribution >= 0.6 is 0 Å². The second kappa shape index (κ2) is 6.88. The van der Waals surface area contributed by atoms with Crippen molar-refractivity contribution in [2.24, 2.45) is 0 Å². The summed E-state index contributed by atoms with van der Waals surface area (Å²) in [6.07, 6.45) is 3.99. The van der Waals surface area contributed by atoms with Gasteiger partial charge in [-0.2, -0.15) is 0 Å². The Bertz CT molecular complexity index is 425. The Morgan fingerprint density at radius 3 is 2.67 bits per heavy atom. The molecule has 3 rings (SSSR count). The average Bonchev–Trinajstić information content (AvgIpc) is 2.54. The van der Waals surface area contributed by atoms with Crippen LogP contribution in [0.4, 0.5) is 0 Å². The lowest BCUT2D eigenvalue weighted by Crippen LogP contribution is -2.50. The molecule has 116 valence electrons. The Morgan fingerprint density at radius 2 is 1.95 bits per heavy atom. The minimum Gasteiger partial charge on any atom is -0.394 e. The van der Waals surface area contributed by atoms with E-state index in [2.05, 4.69) is 17.4 Å². The van der Waals surface area contributed by atoms with Crippen molar-refractivity contribution in [3.63, 3.8) is 0 Å². The Labute approximate surface area is 126 Å². The van der Waals surface area contributed by atoms with Crippen LogP contribution in [0.3, 0.4) is 0 Å². The molecule has 2 heterocycles. The maximum Gasteiger partial charge on any atom is 0.0741 e. The zero-order chi connectivity index (χ0) is 14.5. The van der Waals surface area contributed by atoms with Gasteiger partial charge in [-0.25, -0.2) is 0 Å². The van der Waals surface area contributed by atoms with Crippen LogP contribution in [0.15, 0.2) is 30.3 Å². The number of aliphatic hydroxyl groups is 1. The molecule has 2 fully saturated rings. The van der Waals surface area contributed by atoms with Crippen molar-refractivity contribution >= 4 is 0 Å². The van der Waals surface area contributed by atoms with Crippen molar-refractivity contribution in [1.29, 1.82) is 0 Å². The van der Waals surface area contributed by atoms with Gasteiger partial charge in [-0.05, 0) is 31.2 Å². The van der Waals surface area contributed by atoms with E-state index >= 15 is 0 Å². The quantitative estimate of drug-likeness (QED) is 0.891. The molecule has 0 amide bonds. The molecule has 0 bridgehead atoms. The van der Waals surface area contributed by atoms with Gasteiger partial charge in [-0.15, -0.1) is 0 Å². The summed E-state index contributed by atoms with van der Waals surface area (Å²) >= 11 is 0. The van der Waals surface area contributed by atoms with Gasteiger partial charge in [-0.3, -0.25) is 0 Å². The van der Waals surface area contributed by atoms with Gasteiger partial charge in [0, 0.05) is 25.9 Å². The molecule has 0 aromatic heterocycles. The molecule has 4 nitrogen and oxygen atoms in total. The lowest BCUT2D eigenvalue weighted by Gasteiger charge is -2.44. The first-order chi connectivity index (χ1) is 10.3. The fourth-order valence-electron chi connectivity index (χ4n) is 3.49. The lowest BCUT2D eigenvalue weighted by molar-refractivity contribution is -0.141. The average molecular weight is 291 g/mol. The highest BCUT2D eigenvalue weighted by atomic mass is 16.5. The van der Waals surface area contributed by atoms with E-state index in [4.69, 9.17) is 9.47 Å². The molecule has 1 aromatic rings. The van der Waals surface area contributed by atoms with E-state index in [9.17, 15) is 5.11 Å². The van der Waals surface area contributed by atoms with Crippen molar-refractivity contribution in [3.05, 3.63) is 35.9 Å². The fraction of sp³-hybridized carbons (Fsp3) is 0.647. The summed E-state index contributed by atoms with van der Waals surface area (Å²) in [5.74, 6) is 0. The Morgan fingerprint density at radius 1 is 1.19 bits per heavy atom. The van der Waals surface area contributed by atoms with Crippen molar-refractivity contribution in [3.8, 4) is 0 Å². The molecule has 1 aromatic carbocycles. The van der Waals surface area contributed by atoms with E-state index in [1.165, 1.54) is 0 Å². The summed E-state index contributed by atoms with van der Waals surface area (Å²) in [5, 5.41) is 13.3. The summed E-state index contributed by atoms with van der Waals surface area (Å²) in [7, 11) is 0. The van der Waals surface area contributed by atoms with Crippen molar-refractivity contribution in [2.45, 2.75) is 43.4 Å². The van der Waals surface area contributed by atoms with Crippen LogP contribution in [-0.4, -0.2) is 43.2 Å². The second-order valence-corrected chi connectivity index (χ2v) is 6.15. The van der Waals surface area contributed by atoms with Crippen molar-refractivity contribution < 1.29 is 14.6 Å². The first-order valence-corrected chi connectivity index (χ1v) is 7.95. The molecule has 1 spiro atoms. The van der Waals surface area contributed by atoms with E-state index in [0.717, 1.165) is 51.1 Å². The van der Waals surface area contributed by atoms with E-state index < -0.39 is 0 Å². The van der Waals surface area contributed by atoms with Crippen LogP contribution in [0, 0.1) is 0 Å². The maximum atomic E-state index is 9.70. The molecule has 2 N–H and O–H groups in total. The van der Waals surface area contributed by atoms with Gasteiger partial charge in [-0.1, -0.05) is 30.3 Å². The molecule has 2 aliphatic rings. The van der Waals surface area contributed by atoms with Gasteiger partial charge in [0.25, 0.3) is 0 Å². The molecule has 0 radical (unpaired) electrons. The second-order valence-electron chi connectivity index (χ2n) is 6.15. The molecule has 2 atom stereocenters. The summed E-state index contributed by atoms with van der Waals surface area (Å²) in [4.78, 5) is 0. The molecule has 2 unspecified atom stereocenters. The van der Waals surface area contributed by atoms with Crippen LogP contribution in [-0.2, 0) is 9.47 Å². The van der Waals surface area contributed by atoms with Crippen LogP contribution < -0.4 is 5.32 Å². The zero-order valence-electron chi connectivity index (χ0n) is 12.5. The topological polar surface area (TPSA) is 50.7 Å². The summed E-state index contributed by atoms with van der Waals surface area (Å²) in [6.45, 7) is 2.52. The van der Waals surface area contributed by atoms with Crippen molar-refractivity contribution in [2.75, 3.05) is 26.4 Å². The van der Waals surface area contributed by atoms with E-state index in [1.807, 2.05) is 18.2 Å². The van der Waals surface area contributed by atoms with Gasteiger partial charge >= 0.3 is 0 Å². The first kappa shape index (κ1) is 15.0.